The summed E-state index contributed by atoms with van der Waals surface area (Å²) in [5.74, 6) is -0.191. The highest BCUT2D eigenvalue weighted by atomic mass is 19.1. The lowest BCUT2D eigenvalue weighted by Crippen LogP contribution is -2.09. The minimum Gasteiger partial charge on any atom is -0.361 e. The Labute approximate surface area is 77.5 Å². The first-order valence-corrected chi connectivity index (χ1v) is 4.63. The zero-order chi connectivity index (χ0) is 9.47. The molecule has 1 aromatic rings. The molecule has 2 unspecified atom stereocenters. The second kappa shape index (κ2) is 2.81. The van der Waals surface area contributed by atoms with Crippen LogP contribution >= 0.6 is 0 Å². The molecule has 1 heterocycles. The standard InChI is InChI=1S/C11H13FO/c1-3-11(8(2)13-11)9-4-6-10(12)7-5-9/h4-8H,3H2,1-2H3. The van der Waals surface area contributed by atoms with Crippen LogP contribution in [0, 0.1) is 5.82 Å². The topological polar surface area (TPSA) is 12.5 Å². The minimum atomic E-state index is -0.191. The quantitative estimate of drug-likeness (QED) is 0.637. The van der Waals surface area contributed by atoms with E-state index in [9.17, 15) is 4.39 Å². The van der Waals surface area contributed by atoms with Gasteiger partial charge in [0, 0.05) is 0 Å². The predicted molar refractivity (Wildman–Crippen MR) is 48.9 cm³/mol. The Morgan fingerprint density at radius 1 is 1.38 bits per heavy atom. The van der Waals surface area contributed by atoms with Gasteiger partial charge in [-0.3, -0.25) is 0 Å². The number of hydrogen-bond acceptors (Lipinski definition) is 1. The van der Waals surface area contributed by atoms with E-state index in [1.165, 1.54) is 12.1 Å². The molecular formula is C11H13FO. The first-order valence-electron chi connectivity index (χ1n) is 4.63. The molecule has 0 N–H and O–H groups in total. The van der Waals surface area contributed by atoms with Crippen LogP contribution in [0.1, 0.15) is 25.8 Å². The van der Waals surface area contributed by atoms with Gasteiger partial charge in [-0.1, -0.05) is 19.1 Å². The lowest BCUT2D eigenvalue weighted by atomic mass is 9.93. The van der Waals surface area contributed by atoms with E-state index in [1.807, 2.05) is 19.1 Å². The largest absolute Gasteiger partial charge is 0.361 e. The molecule has 1 aromatic carbocycles. The Morgan fingerprint density at radius 3 is 2.31 bits per heavy atom. The summed E-state index contributed by atoms with van der Waals surface area (Å²) in [6, 6.07) is 6.59. The zero-order valence-electron chi connectivity index (χ0n) is 7.88. The third-order valence-electron chi connectivity index (χ3n) is 2.84. The Bertz CT molecular complexity index is 302. The monoisotopic (exact) mass is 180 g/mol. The molecule has 0 amide bonds. The normalized spacial score (nSPS) is 31.8. The van der Waals surface area contributed by atoms with Crippen LogP contribution in [0.2, 0.25) is 0 Å². The van der Waals surface area contributed by atoms with Gasteiger partial charge in [-0.25, -0.2) is 4.39 Å². The molecule has 13 heavy (non-hydrogen) atoms. The van der Waals surface area contributed by atoms with Crippen LogP contribution in [0.5, 0.6) is 0 Å². The highest BCUT2D eigenvalue weighted by Gasteiger charge is 2.52. The summed E-state index contributed by atoms with van der Waals surface area (Å²) in [5.41, 5.74) is 0.956. The number of epoxide rings is 1. The number of halogens is 1. The van der Waals surface area contributed by atoms with Gasteiger partial charge >= 0.3 is 0 Å². The maximum Gasteiger partial charge on any atom is 0.123 e. The van der Waals surface area contributed by atoms with Crippen molar-refractivity contribution in [2.75, 3.05) is 0 Å². The average molecular weight is 180 g/mol. The molecule has 0 aliphatic carbocycles. The molecule has 0 saturated carbocycles. The van der Waals surface area contributed by atoms with Crippen molar-refractivity contribution in [3.63, 3.8) is 0 Å². The summed E-state index contributed by atoms with van der Waals surface area (Å²) in [5, 5.41) is 0. The summed E-state index contributed by atoms with van der Waals surface area (Å²) in [4.78, 5) is 0. The lowest BCUT2D eigenvalue weighted by Gasteiger charge is -2.09. The summed E-state index contributed by atoms with van der Waals surface area (Å²) in [7, 11) is 0. The van der Waals surface area contributed by atoms with Crippen molar-refractivity contribution >= 4 is 0 Å². The first-order chi connectivity index (χ1) is 6.19. The van der Waals surface area contributed by atoms with E-state index in [-0.39, 0.29) is 17.5 Å². The number of rotatable bonds is 2. The molecule has 1 fully saturated rings. The molecule has 1 nitrogen and oxygen atoms in total. The smallest absolute Gasteiger partial charge is 0.123 e. The molecule has 0 bridgehead atoms. The molecule has 0 spiro atoms. The van der Waals surface area contributed by atoms with Gasteiger partial charge in [0.1, 0.15) is 11.4 Å². The van der Waals surface area contributed by atoms with Crippen LogP contribution in [0.25, 0.3) is 0 Å². The van der Waals surface area contributed by atoms with Gasteiger partial charge in [0.25, 0.3) is 0 Å². The first kappa shape index (κ1) is 8.70. The van der Waals surface area contributed by atoms with Crippen LogP contribution in [0.3, 0.4) is 0 Å². The molecule has 1 aliphatic heterocycles. The van der Waals surface area contributed by atoms with Crippen molar-refractivity contribution in [2.45, 2.75) is 32.0 Å². The number of hydrogen-bond donors (Lipinski definition) is 0. The van der Waals surface area contributed by atoms with E-state index in [4.69, 9.17) is 4.74 Å². The molecule has 1 aliphatic rings. The van der Waals surface area contributed by atoms with Crippen LogP contribution < -0.4 is 0 Å². The van der Waals surface area contributed by atoms with Gasteiger partial charge in [0.05, 0.1) is 6.10 Å². The molecule has 2 rings (SSSR count). The highest BCUT2D eigenvalue weighted by molar-refractivity contribution is 5.28. The molecule has 0 radical (unpaired) electrons. The van der Waals surface area contributed by atoms with E-state index >= 15 is 0 Å². The summed E-state index contributed by atoms with van der Waals surface area (Å²) < 4.78 is 18.2. The van der Waals surface area contributed by atoms with Crippen LogP contribution in [-0.2, 0) is 10.3 Å². The molecular weight excluding hydrogens is 167 g/mol. The molecule has 70 valence electrons. The zero-order valence-corrected chi connectivity index (χ0v) is 7.88. The second-order valence-electron chi connectivity index (χ2n) is 3.51. The Kier molecular flexibility index (Phi) is 1.88. The second-order valence-corrected chi connectivity index (χ2v) is 3.51. The van der Waals surface area contributed by atoms with Gasteiger partial charge in [0.2, 0.25) is 0 Å². The maximum absolute atomic E-state index is 12.7. The maximum atomic E-state index is 12.7. The van der Waals surface area contributed by atoms with Crippen molar-refractivity contribution in [1.29, 1.82) is 0 Å². The Balaban J connectivity index is 2.31. The third kappa shape index (κ3) is 1.25. The summed E-state index contributed by atoms with van der Waals surface area (Å²) >= 11 is 0. The Morgan fingerprint density at radius 2 is 1.92 bits per heavy atom. The summed E-state index contributed by atoms with van der Waals surface area (Å²) in [6.07, 6.45) is 1.21. The van der Waals surface area contributed by atoms with Crippen molar-refractivity contribution in [1.82, 2.24) is 0 Å². The SMILES string of the molecule is CCC1(c2ccc(F)cc2)OC1C. The molecule has 2 heteroatoms. The average Bonchev–Trinajstić information content (AvgIpc) is 2.79. The minimum absolute atomic E-state index is 0.131. The Hall–Kier alpha value is -0.890. The van der Waals surface area contributed by atoms with Crippen molar-refractivity contribution < 1.29 is 9.13 Å². The fourth-order valence-corrected chi connectivity index (χ4v) is 1.89. The van der Waals surface area contributed by atoms with E-state index in [2.05, 4.69) is 6.92 Å². The van der Waals surface area contributed by atoms with E-state index < -0.39 is 0 Å². The molecule has 1 saturated heterocycles. The fraction of sp³-hybridized carbons (Fsp3) is 0.455. The van der Waals surface area contributed by atoms with E-state index in [0.717, 1.165) is 12.0 Å². The highest BCUT2D eigenvalue weighted by Crippen LogP contribution is 2.48. The van der Waals surface area contributed by atoms with Gasteiger partial charge in [-0.2, -0.15) is 0 Å². The number of benzene rings is 1. The van der Waals surface area contributed by atoms with E-state index in [1.54, 1.807) is 0 Å². The van der Waals surface area contributed by atoms with Gasteiger partial charge in [-0.05, 0) is 31.0 Å². The van der Waals surface area contributed by atoms with Crippen LogP contribution in [0.4, 0.5) is 4.39 Å². The number of ether oxygens (including phenoxy) is 1. The van der Waals surface area contributed by atoms with Gasteiger partial charge < -0.3 is 4.74 Å². The van der Waals surface area contributed by atoms with Crippen LogP contribution in [0.15, 0.2) is 24.3 Å². The lowest BCUT2D eigenvalue weighted by molar-refractivity contribution is 0.292. The third-order valence-corrected chi connectivity index (χ3v) is 2.84. The van der Waals surface area contributed by atoms with Gasteiger partial charge in [-0.15, -0.1) is 0 Å². The predicted octanol–water partition coefficient (Wildman–Crippen LogP) is 2.85. The fourth-order valence-electron chi connectivity index (χ4n) is 1.89. The van der Waals surface area contributed by atoms with Crippen molar-refractivity contribution in [2.24, 2.45) is 0 Å². The van der Waals surface area contributed by atoms with Gasteiger partial charge in [0.15, 0.2) is 0 Å². The van der Waals surface area contributed by atoms with Crippen molar-refractivity contribution in [3.05, 3.63) is 35.6 Å². The molecule has 0 aromatic heterocycles. The molecule has 2 atom stereocenters. The summed E-state index contributed by atoms with van der Waals surface area (Å²) in [6.45, 7) is 4.14. The van der Waals surface area contributed by atoms with Crippen LogP contribution in [-0.4, -0.2) is 6.10 Å². The van der Waals surface area contributed by atoms with Crippen molar-refractivity contribution in [3.8, 4) is 0 Å². The van der Waals surface area contributed by atoms with E-state index in [0.29, 0.717) is 0 Å².